The maximum Gasteiger partial charge on any atom is 0.335 e. The van der Waals surface area contributed by atoms with Gasteiger partial charge in [0.05, 0.1) is 24.0 Å². The van der Waals surface area contributed by atoms with Crippen LogP contribution in [0.5, 0.6) is 0 Å². The lowest BCUT2D eigenvalue weighted by molar-refractivity contribution is 0.0697. The highest BCUT2D eigenvalue weighted by atomic mass is 32.1. The molecule has 25 heavy (non-hydrogen) atoms. The predicted molar refractivity (Wildman–Crippen MR) is 97.0 cm³/mol. The molecule has 7 heteroatoms. The summed E-state index contributed by atoms with van der Waals surface area (Å²) in [6.07, 6.45) is 1.70. The maximum atomic E-state index is 11.2. The van der Waals surface area contributed by atoms with Crippen molar-refractivity contribution >= 4 is 28.8 Å². The average Bonchev–Trinajstić information content (AvgIpc) is 3.29. The molecule has 2 N–H and O–H groups in total. The number of imidazole rings is 1. The lowest BCUT2D eigenvalue weighted by Gasteiger charge is -2.06. The Balaban J connectivity index is 1.69. The lowest BCUT2D eigenvalue weighted by atomic mass is 10.1. The minimum atomic E-state index is -0.957. The summed E-state index contributed by atoms with van der Waals surface area (Å²) in [5.74, 6) is -0.225. The Morgan fingerprint density at radius 1 is 1.20 bits per heavy atom. The van der Waals surface area contributed by atoms with Gasteiger partial charge in [-0.25, -0.2) is 14.3 Å². The molecule has 3 aromatic heterocycles. The first kappa shape index (κ1) is 15.3. The van der Waals surface area contributed by atoms with Crippen LogP contribution in [0.3, 0.4) is 0 Å². The summed E-state index contributed by atoms with van der Waals surface area (Å²) in [5.41, 5.74) is 2.45. The molecule has 6 nitrogen and oxygen atoms in total. The number of aromatic nitrogens is 3. The zero-order chi connectivity index (χ0) is 17.2. The van der Waals surface area contributed by atoms with E-state index in [1.54, 1.807) is 40.2 Å². The van der Waals surface area contributed by atoms with Crippen LogP contribution in [-0.2, 0) is 6.54 Å². The Hall–Kier alpha value is -3.19. The Morgan fingerprint density at radius 3 is 2.92 bits per heavy atom. The number of anilines is 1. The van der Waals surface area contributed by atoms with E-state index in [0.29, 0.717) is 12.2 Å². The van der Waals surface area contributed by atoms with Gasteiger partial charge in [-0.3, -0.25) is 0 Å². The van der Waals surface area contributed by atoms with Crippen molar-refractivity contribution in [2.45, 2.75) is 6.54 Å². The number of hydrogen-bond donors (Lipinski definition) is 2. The van der Waals surface area contributed by atoms with Crippen molar-refractivity contribution in [1.82, 2.24) is 14.6 Å². The van der Waals surface area contributed by atoms with E-state index in [0.717, 1.165) is 17.1 Å². The molecule has 0 amide bonds. The number of nitrogens with one attached hydrogen (secondary N) is 1. The molecule has 0 saturated heterocycles. The molecule has 0 aliphatic carbocycles. The number of hydrogen-bond acceptors (Lipinski definition) is 5. The van der Waals surface area contributed by atoms with Crippen LogP contribution in [0.15, 0.2) is 60.1 Å². The fourth-order valence-electron chi connectivity index (χ4n) is 2.57. The number of carboxylic acid groups (broad SMARTS) is 1. The third-order valence-corrected chi connectivity index (χ3v) is 4.67. The van der Waals surface area contributed by atoms with Crippen molar-refractivity contribution < 1.29 is 9.90 Å². The van der Waals surface area contributed by atoms with E-state index in [1.807, 2.05) is 29.6 Å². The fourth-order valence-corrected chi connectivity index (χ4v) is 3.21. The van der Waals surface area contributed by atoms with Crippen molar-refractivity contribution in [1.29, 1.82) is 0 Å². The van der Waals surface area contributed by atoms with Gasteiger partial charge >= 0.3 is 5.97 Å². The Labute approximate surface area is 147 Å². The molecule has 3 heterocycles. The van der Waals surface area contributed by atoms with Crippen LogP contribution in [0.2, 0.25) is 0 Å². The van der Waals surface area contributed by atoms with E-state index in [-0.39, 0.29) is 5.56 Å². The van der Waals surface area contributed by atoms with Crippen LogP contribution in [0.4, 0.5) is 5.82 Å². The van der Waals surface area contributed by atoms with Gasteiger partial charge in [0, 0.05) is 10.4 Å². The average molecular weight is 350 g/mol. The van der Waals surface area contributed by atoms with Crippen LogP contribution in [-0.4, -0.2) is 25.7 Å². The van der Waals surface area contributed by atoms with Crippen molar-refractivity contribution in [2.75, 3.05) is 5.32 Å². The lowest BCUT2D eigenvalue weighted by Crippen LogP contribution is -2.04. The topological polar surface area (TPSA) is 79.5 Å². The highest BCUT2D eigenvalue weighted by Gasteiger charge is 2.10. The van der Waals surface area contributed by atoms with E-state index in [4.69, 9.17) is 0 Å². The predicted octanol–water partition coefficient (Wildman–Crippen LogP) is 3.77. The smallest absolute Gasteiger partial charge is 0.335 e. The van der Waals surface area contributed by atoms with Gasteiger partial charge in [0.1, 0.15) is 5.82 Å². The fraction of sp³-hybridized carbons (Fsp3) is 0.0556. The van der Waals surface area contributed by atoms with E-state index in [2.05, 4.69) is 21.5 Å². The van der Waals surface area contributed by atoms with Gasteiger partial charge in [-0.15, -0.1) is 16.4 Å². The highest BCUT2D eigenvalue weighted by Crippen LogP contribution is 2.22. The standard InChI is InChI=1S/C18H14N4O2S/c23-18(24)13-4-1-3-12(9-13)15-11-20-17-7-6-16(21-22(15)17)19-10-14-5-2-8-25-14/h1-9,11H,10H2,(H,19,21)(H,23,24). The molecule has 0 aliphatic rings. The molecular formula is C18H14N4O2S. The molecule has 0 saturated carbocycles. The SMILES string of the molecule is O=C(O)c1cccc(-c2cnc3ccc(NCc4cccs4)nn23)c1. The number of carbonyl (C=O) groups is 1. The third-order valence-electron chi connectivity index (χ3n) is 3.79. The number of nitrogens with zero attached hydrogens (tertiary/aromatic N) is 3. The molecule has 0 spiro atoms. The zero-order valence-electron chi connectivity index (χ0n) is 13.1. The number of benzene rings is 1. The van der Waals surface area contributed by atoms with Gasteiger partial charge in [0.25, 0.3) is 0 Å². The van der Waals surface area contributed by atoms with Crippen LogP contribution in [0.1, 0.15) is 15.2 Å². The number of carboxylic acids is 1. The number of fused-ring (bicyclic) bond motifs is 1. The van der Waals surface area contributed by atoms with Gasteiger partial charge in [-0.2, -0.15) is 0 Å². The van der Waals surface area contributed by atoms with E-state index in [1.165, 1.54) is 4.88 Å². The van der Waals surface area contributed by atoms with Gasteiger partial charge in [0.15, 0.2) is 5.65 Å². The zero-order valence-corrected chi connectivity index (χ0v) is 13.9. The monoisotopic (exact) mass is 350 g/mol. The van der Waals surface area contributed by atoms with Gasteiger partial charge in [-0.1, -0.05) is 18.2 Å². The molecule has 0 radical (unpaired) electrons. The summed E-state index contributed by atoms with van der Waals surface area (Å²) in [5, 5.41) is 19.1. The summed E-state index contributed by atoms with van der Waals surface area (Å²) < 4.78 is 1.72. The largest absolute Gasteiger partial charge is 0.478 e. The Kier molecular flexibility index (Phi) is 3.91. The molecular weight excluding hydrogens is 336 g/mol. The number of thiophene rings is 1. The molecule has 4 aromatic rings. The second-order valence-electron chi connectivity index (χ2n) is 5.45. The van der Waals surface area contributed by atoms with Crippen molar-refractivity contribution in [3.63, 3.8) is 0 Å². The van der Waals surface area contributed by atoms with Crippen molar-refractivity contribution in [2.24, 2.45) is 0 Å². The highest BCUT2D eigenvalue weighted by molar-refractivity contribution is 7.09. The molecule has 0 unspecified atom stereocenters. The summed E-state index contributed by atoms with van der Waals surface area (Å²) in [4.78, 5) is 16.8. The number of rotatable bonds is 5. The molecule has 0 aliphatic heterocycles. The van der Waals surface area contributed by atoms with Gasteiger partial charge in [0.2, 0.25) is 0 Å². The molecule has 0 bridgehead atoms. The maximum absolute atomic E-state index is 11.2. The minimum Gasteiger partial charge on any atom is -0.478 e. The Morgan fingerprint density at radius 2 is 2.12 bits per heavy atom. The normalized spacial score (nSPS) is 10.9. The second kappa shape index (κ2) is 6.37. The first-order valence-corrected chi connectivity index (χ1v) is 8.53. The van der Waals surface area contributed by atoms with Crippen LogP contribution < -0.4 is 5.32 Å². The summed E-state index contributed by atoms with van der Waals surface area (Å²) >= 11 is 1.69. The summed E-state index contributed by atoms with van der Waals surface area (Å²) in [6, 6.07) is 14.6. The van der Waals surface area contributed by atoms with Crippen molar-refractivity contribution in [3.8, 4) is 11.3 Å². The molecule has 1 aromatic carbocycles. The van der Waals surface area contributed by atoms with Crippen molar-refractivity contribution in [3.05, 3.63) is 70.5 Å². The first-order chi connectivity index (χ1) is 12.2. The van der Waals surface area contributed by atoms with Gasteiger partial charge < -0.3 is 10.4 Å². The summed E-state index contributed by atoms with van der Waals surface area (Å²) in [7, 11) is 0. The number of aromatic carboxylic acids is 1. The van der Waals surface area contributed by atoms with E-state index in [9.17, 15) is 9.90 Å². The first-order valence-electron chi connectivity index (χ1n) is 7.65. The quantitative estimate of drug-likeness (QED) is 0.573. The van der Waals surface area contributed by atoms with E-state index >= 15 is 0 Å². The molecule has 0 fully saturated rings. The summed E-state index contributed by atoms with van der Waals surface area (Å²) in [6.45, 7) is 0.703. The van der Waals surface area contributed by atoms with Crippen LogP contribution in [0.25, 0.3) is 16.9 Å². The van der Waals surface area contributed by atoms with E-state index < -0.39 is 5.97 Å². The molecule has 124 valence electrons. The van der Waals surface area contributed by atoms with Gasteiger partial charge in [-0.05, 0) is 35.7 Å². The third kappa shape index (κ3) is 3.09. The van der Waals surface area contributed by atoms with Crippen LogP contribution >= 0.6 is 11.3 Å². The minimum absolute atomic E-state index is 0.236. The Bertz CT molecular complexity index is 1040. The van der Waals surface area contributed by atoms with Crippen LogP contribution in [0, 0.1) is 0 Å². The second-order valence-corrected chi connectivity index (χ2v) is 6.48. The molecule has 4 rings (SSSR count). The molecule has 0 atom stereocenters.